The number of carbonyl (C=O) groups excluding carboxylic acids is 2. The molecule has 2 amide bonds. The Morgan fingerprint density at radius 3 is 2.93 bits per heavy atom. The summed E-state index contributed by atoms with van der Waals surface area (Å²) in [6, 6.07) is 0. The minimum atomic E-state index is -0.0799. The van der Waals surface area contributed by atoms with E-state index in [1.807, 2.05) is 6.92 Å². The SMILES string of the molecule is CCNCCNC(=O)CN1CSCC1=O. The van der Waals surface area contributed by atoms with Gasteiger partial charge >= 0.3 is 0 Å². The van der Waals surface area contributed by atoms with Crippen LogP contribution in [-0.4, -0.2) is 54.5 Å². The van der Waals surface area contributed by atoms with Gasteiger partial charge in [-0.3, -0.25) is 9.59 Å². The van der Waals surface area contributed by atoms with E-state index in [1.54, 1.807) is 16.7 Å². The number of rotatable bonds is 6. The topological polar surface area (TPSA) is 61.4 Å². The van der Waals surface area contributed by atoms with Gasteiger partial charge in [-0.25, -0.2) is 0 Å². The van der Waals surface area contributed by atoms with Crippen molar-refractivity contribution in [3.05, 3.63) is 0 Å². The molecule has 86 valence electrons. The fourth-order valence-corrected chi connectivity index (χ4v) is 2.14. The molecule has 1 heterocycles. The van der Waals surface area contributed by atoms with Gasteiger partial charge in [0.2, 0.25) is 11.8 Å². The Morgan fingerprint density at radius 1 is 1.53 bits per heavy atom. The number of amides is 2. The molecule has 0 bridgehead atoms. The molecule has 1 fully saturated rings. The van der Waals surface area contributed by atoms with Crippen LogP contribution >= 0.6 is 11.8 Å². The standard InChI is InChI=1S/C9H17N3O2S/c1-2-10-3-4-11-8(13)5-12-7-15-6-9(12)14/h10H,2-7H2,1H3,(H,11,13). The highest BCUT2D eigenvalue weighted by Crippen LogP contribution is 2.13. The number of thioether (sulfide) groups is 1. The second kappa shape index (κ2) is 6.68. The molecule has 2 N–H and O–H groups in total. The van der Waals surface area contributed by atoms with E-state index < -0.39 is 0 Å². The third-order valence-corrected chi connectivity index (χ3v) is 2.98. The zero-order valence-corrected chi connectivity index (χ0v) is 9.73. The van der Waals surface area contributed by atoms with Gasteiger partial charge in [-0.15, -0.1) is 11.8 Å². The average molecular weight is 231 g/mol. The van der Waals surface area contributed by atoms with Crippen molar-refractivity contribution in [1.29, 1.82) is 0 Å². The molecule has 5 nitrogen and oxygen atoms in total. The highest BCUT2D eigenvalue weighted by molar-refractivity contribution is 8.00. The minimum Gasteiger partial charge on any atom is -0.353 e. The van der Waals surface area contributed by atoms with Crippen LogP contribution in [0.2, 0.25) is 0 Å². The van der Waals surface area contributed by atoms with Gasteiger partial charge in [0.15, 0.2) is 0 Å². The molecular weight excluding hydrogens is 214 g/mol. The molecule has 0 atom stereocenters. The summed E-state index contributed by atoms with van der Waals surface area (Å²) >= 11 is 1.55. The summed E-state index contributed by atoms with van der Waals surface area (Å²) in [6.07, 6.45) is 0. The molecule has 0 aliphatic carbocycles. The summed E-state index contributed by atoms with van der Waals surface area (Å²) in [5, 5.41) is 5.87. The predicted octanol–water partition coefficient (Wildman–Crippen LogP) is -0.755. The zero-order chi connectivity index (χ0) is 11.1. The Labute approximate surface area is 94.0 Å². The van der Waals surface area contributed by atoms with Crippen LogP contribution < -0.4 is 10.6 Å². The number of nitrogens with zero attached hydrogens (tertiary/aromatic N) is 1. The third-order valence-electron chi connectivity index (χ3n) is 2.03. The summed E-state index contributed by atoms with van der Waals surface area (Å²) < 4.78 is 0. The molecule has 15 heavy (non-hydrogen) atoms. The fraction of sp³-hybridized carbons (Fsp3) is 0.778. The van der Waals surface area contributed by atoms with Gasteiger partial charge in [-0.05, 0) is 6.54 Å². The van der Waals surface area contributed by atoms with Crippen molar-refractivity contribution < 1.29 is 9.59 Å². The molecule has 0 aromatic rings. The maximum absolute atomic E-state index is 11.4. The summed E-state index contributed by atoms with van der Waals surface area (Å²) in [7, 11) is 0. The predicted molar refractivity (Wildman–Crippen MR) is 60.6 cm³/mol. The van der Waals surface area contributed by atoms with Crippen LogP contribution in [0.25, 0.3) is 0 Å². The quantitative estimate of drug-likeness (QED) is 0.590. The number of carbonyl (C=O) groups is 2. The largest absolute Gasteiger partial charge is 0.353 e. The number of nitrogens with one attached hydrogen (secondary N) is 2. The van der Waals surface area contributed by atoms with Gasteiger partial charge in [0.25, 0.3) is 0 Å². The third kappa shape index (κ3) is 4.53. The van der Waals surface area contributed by atoms with Gasteiger partial charge < -0.3 is 15.5 Å². The van der Waals surface area contributed by atoms with E-state index in [1.165, 1.54) is 0 Å². The van der Waals surface area contributed by atoms with Gasteiger partial charge in [0, 0.05) is 13.1 Å². The maximum Gasteiger partial charge on any atom is 0.239 e. The normalized spacial score (nSPS) is 15.8. The second-order valence-corrected chi connectivity index (χ2v) is 4.23. The van der Waals surface area contributed by atoms with Crippen LogP contribution in [0.5, 0.6) is 0 Å². The van der Waals surface area contributed by atoms with Crippen molar-refractivity contribution in [1.82, 2.24) is 15.5 Å². The monoisotopic (exact) mass is 231 g/mol. The lowest BCUT2D eigenvalue weighted by Crippen LogP contribution is -2.40. The van der Waals surface area contributed by atoms with Crippen molar-refractivity contribution in [2.45, 2.75) is 6.92 Å². The summed E-state index contributed by atoms with van der Waals surface area (Å²) in [6.45, 7) is 4.49. The number of hydrogen-bond acceptors (Lipinski definition) is 4. The van der Waals surface area contributed by atoms with Crippen LogP contribution in [0.4, 0.5) is 0 Å². The Kier molecular flexibility index (Phi) is 5.49. The lowest BCUT2D eigenvalue weighted by Gasteiger charge is -2.14. The van der Waals surface area contributed by atoms with E-state index >= 15 is 0 Å². The van der Waals surface area contributed by atoms with Crippen LogP contribution in [-0.2, 0) is 9.59 Å². The molecule has 0 radical (unpaired) electrons. The molecule has 0 aromatic carbocycles. The Hall–Kier alpha value is -0.750. The first-order chi connectivity index (χ1) is 7.24. The molecule has 1 rings (SSSR count). The number of likely N-dealkylation sites (N-methyl/N-ethyl adjacent to an activating group) is 1. The fourth-order valence-electron chi connectivity index (χ4n) is 1.24. The second-order valence-electron chi connectivity index (χ2n) is 3.27. The van der Waals surface area contributed by atoms with Gasteiger partial charge in [0.1, 0.15) is 6.54 Å². The van der Waals surface area contributed by atoms with Crippen molar-refractivity contribution in [3.8, 4) is 0 Å². The summed E-state index contributed by atoms with van der Waals surface area (Å²) in [5.74, 6) is 1.12. The molecule has 0 saturated carbocycles. The van der Waals surface area contributed by atoms with Crippen molar-refractivity contribution in [2.75, 3.05) is 37.8 Å². The molecule has 0 spiro atoms. The van der Waals surface area contributed by atoms with Gasteiger partial charge in [-0.2, -0.15) is 0 Å². The van der Waals surface area contributed by atoms with E-state index in [9.17, 15) is 9.59 Å². The Morgan fingerprint density at radius 2 is 2.33 bits per heavy atom. The van der Waals surface area contributed by atoms with Gasteiger partial charge in [-0.1, -0.05) is 6.92 Å². The summed E-state index contributed by atoms with van der Waals surface area (Å²) in [5.41, 5.74) is 0. The van der Waals surface area contributed by atoms with Crippen molar-refractivity contribution >= 4 is 23.6 Å². The minimum absolute atomic E-state index is 0.0573. The number of hydrogen-bond donors (Lipinski definition) is 2. The zero-order valence-electron chi connectivity index (χ0n) is 8.91. The Balaban J connectivity index is 2.10. The van der Waals surface area contributed by atoms with Crippen molar-refractivity contribution in [3.63, 3.8) is 0 Å². The highest BCUT2D eigenvalue weighted by Gasteiger charge is 2.22. The van der Waals surface area contributed by atoms with E-state index in [4.69, 9.17) is 0 Å². The van der Waals surface area contributed by atoms with Crippen LogP contribution in [0, 0.1) is 0 Å². The van der Waals surface area contributed by atoms with E-state index in [0.717, 1.165) is 13.1 Å². The Bertz CT molecular complexity index is 235. The maximum atomic E-state index is 11.4. The van der Waals surface area contributed by atoms with E-state index in [2.05, 4.69) is 10.6 Å². The molecule has 0 unspecified atom stereocenters. The molecule has 6 heteroatoms. The van der Waals surface area contributed by atoms with Crippen molar-refractivity contribution in [2.24, 2.45) is 0 Å². The highest BCUT2D eigenvalue weighted by atomic mass is 32.2. The molecule has 0 aromatic heterocycles. The van der Waals surface area contributed by atoms with Crippen LogP contribution in [0.3, 0.4) is 0 Å². The van der Waals surface area contributed by atoms with Gasteiger partial charge in [0.05, 0.1) is 11.6 Å². The first kappa shape index (κ1) is 12.3. The summed E-state index contributed by atoms with van der Waals surface area (Å²) in [4.78, 5) is 24.1. The average Bonchev–Trinajstić information content (AvgIpc) is 2.59. The first-order valence-corrected chi connectivity index (χ1v) is 6.22. The van der Waals surface area contributed by atoms with Crippen LogP contribution in [0.1, 0.15) is 6.92 Å². The van der Waals surface area contributed by atoms with E-state index in [0.29, 0.717) is 18.2 Å². The lowest BCUT2D eigenvalue weighted by atomic mass is 10.4. The van der Waals surface area contributed by atoms with E-state index in [-0.39, 0.29) is 18.4 Å². The molecule has 1 aliphatic heterocycles. The smallest absolute Gasteiger partial charge is 0.239 e. The molecule has 1 saturated heterocycles. The van der Waals surface area contributed by atoms with Crippen LogP contribution in [0.15, 0.2) is 0 Å². The molecular formula is C9H17N3O2S. The first-order valence-electron chi connectivity index (χ1n) is 5.07. The lowest BCUT2D eigenvalue weighted by molar-refractivity contribution is -0.132. The molecule has 1 aliphatic rings.